The van der Waals surface area contributed by atoms with Gasteiger partial charge in [0, 0.05) is 5.56 Å². The number of alkyl halides is 7. The molecule has 0 aliphatic heterocycles. The van der Waals surface area contributed by atoms with Gasteiger partial charge in [-0.3, -0.25) is 0 Å². The summed E-state index contributed by atoms with van der Waals surface area (Å²) in [6.45, 7) is 0. The van der Waals surface area contributed by atoms with Crippen molar-refractivity contribution in [1.29, 1.82) is 0 Å². The van der Waals surface area contributed by atoms with Gasteiger partial charge in [-0.2, -0.15) is 26.3 Å². The molecule has 0 spiro atoms. The van der Waals surface area contributed by atoms with Crippen LogP contribution in [0.15, 0.2) is 16.6 Å². The predicted molar refractivity (Wildman–Crippen MR) is 59.1 cm³/mol. The van der Waals surface area contributed by atoms with Crippen molar-refractivity contribution in [2.24, 2.45) is 0 Å². The number of halogens is 10. The molecule has 0 atom stereocenters. The first-order valence-corrected chi connectivity index (χ1v) is 5.84. The third-order valence-electron chi connectivity index (χ3n) is 2.16. The van der Waals surface area contributed by atoms with E-state index in [4.69, 9.17) is 23.2 Å². The van der Waals surface area contributed by atoms with Crippen LogP contribution >= 0.6 is 39.1 Å². The standard InChI is InChI=1S/C9H2BrCl2F7/c10-6-4(11)1-3(2-5(6)12)7(13,8(14,15)16)9(17,18)19/h1-2H. The van der Waals surface area contributed by atoms with Crippen molar-refractivity contribution in [3.63, 3.8) is 0 Å². The molecular weight excluding hydrogens is 392 g/mol. The molecule has 0 radical (unpaired) electrons. The number of hydrogen-bond acceptors (Lipinski definition) is 0. The van der Waals surface area contributed by atoms with Crippen molar-refractivity contribution in [3.05, 3.63) is 32.2 Å². The van der Waals surface area contributed by atoms with E-state index < -0.39 is 33.6 Å². The molecule has 1 rings (SSSR count). The average molecular weight is 394 g/mol. The number of rotatable bonds is 1. The van der Waals surface area contributed by atoms with Gasteiger partial charge in [0.05, 0.1) is 14.5 Å². The molecule has 0 aliphatic carbocycles. The Morgan fingerprint density at radius 2 is 1.11 bits per heavy atom. The van der Waals surface area contributed by atoms with E-state index in [1.54, 1.807) is 0 Å². The Kier molecular flexibility index (Phi) is 4.40. The second kappa shape index (κ2) is 4.96. The molecule has 0 fully saturated rings. The molecule has 0 nitrogen and oxygen atoms in total. The maximum absolute atomic E-state index is 13.6. The Hall–Kier alpha value is -0.210. The second-order valence-corrected chi connectivity index (χ2v) is 5.02. The predicted octanol–water partition coefficient (Wildman–Crippen LogP) is 6.05. The van der Waals surface area contributed by atoms with E-state index in [0.717, 1.165) is 0 Å². The first-order valence-electron chi connectivity index (χ1n) is 4.29. The van der Waals surface area contributed by atoms with Crippen LogP contribution in [0.25, 0.3) is 0 Å². The van der Waals surface area contributed by atoms with Gasteiger partial charge >= 0.3 is 18.0 Å². The van der Waals surface area contributed by atoms with Gasteiger partial charge in [0.2, 0.25) is 0 Å². The fourth-order valence-corrected chi connectivity index (χ4v) is 1.96. The first kappa shape index (κ1) is 16.8. The van der Waals surface area contributed by atoms with E-state index in [2.05, 4.69) is 15.9 Å². The van der Waals surface area contributed by atoms with Crippen molar-refractivity contribution >= 4 is 39.1 Å². The molecule has 1 aromatic rings. The lowest BCUT2D eigenvalue weighted by Crippen LogP contribution is -2.50. The molecule has 108 valence electrons. The van der Waals surface area contributed by atoms with Crippen LogP contribution in [0.3, 0.4) is 0 Å². The lowest BCUT2D eigenvalue weighted by Gasteiger charge is -2.30. The van der Waals surface area contributed by atoms with Gasteiger partial charge in [-0.1, -0.05) is 23.2 Å². The monoisotopic (exact) mass is 392 g/mol. The van der Waals surface area contributed by atoms with Gasteiger partial charge in [0.25, 0.3) is 0 Å². The lowest BCUT2D eigenvalue weighted by atomic mass is 9.94. The highest BCUT2D eigenvalue weighted by atomic mass is 79.9. The summed E-state index contributed by atoms with van der Waals surface area (Å²) >= 11 is 13.5. The molecule has 0 N–H and O–H groups in total. The maximum Gasteiger partial charge on any atom is 0.435 e. The van der Waals surface area contributed by atoms with E-state index in [0.29, 0.717) is 0 Å². The summed E-state index contributed by atoms with van der Waals surface area (Å²) in [5.41, 5.74) is -7.28. The summed E-state index contributed by atoms with van der Waals surface area (Å²) in [6.07, 6.45) is -12.4. The summed E-state index contributed by atoms with van der Waals surface area (Å²) in [7, 11) is 0. The highest BCUT2D eigenvalue weighted by Crippen LogP contribution is 2.54. The molecule has 0 aromatic heterocycles. The minimum absolute atomic E-state index is 0.133. The van der Waals surface area contributed by atoms with E-state index in [9.17, 15) is 30.7 Å². The van der Waals surface area contributed by atoms with E-state index >= 15 is 0 Å². The van der Waals surface area contributed by atoms with Crippen LogP contribution in [0.1, 0.15) is 5.56 Å². The van der Waals surface area contributed by atoms with Crippen LogP contribution in [0.5, 0.6) is 0 Å². The van der Waals surface area contributed by atoms with Crippen LogP contribution in [0.4, 0.5) is 30.7 Å². The van der Waals surface area contributed by atoms with Gasteiger partial charge in [0.1, 0.15) is 0 Å². The zero-order chi connectivity index (χ0) is 15.2. The lowest BCUT2D eigenvalue weighted by molar-refractivity contribution is -0.348. The molecular formula is C9H2BrCl2F7. The molecule has 19 heavy (non-hydrogen) atoms. The van der Waals surface area contributed by atoms with Crippen molar-refractivity contribution in [1.82, 2.24) is 0 Å². The van der Waals surface area contributed by atoms with Crippen molar-refractivity contribution < 1.29 is 30.7 Å². The summed E-state index contributed by atoms with van der Waals surface area (Å²) in [6, 6.07) is 0.441. The van der Waals surface area contributed by atoms with Crippen LogP contribution in [0.2, 0.25) is 10.0 Å². The van der Waals surface area contributed by atoms with Crippen molar-refractivity contribution in [3.8, 4) is 0 Å². The van der Waals surface area contributed by atoms with Crippen LogP contribution in [0, 0.1) is 0 Å². The number of hydrogen-bond donors (Lipinski definition) is 0. The summed E-state index contributed by atoms with van der Waals surface area (Å²) in [5.74, 6) is 0. The fourth-order valence-electron chi connectivity index (χ4n) is 1.24. The number of benzene rings is 1. The Morgan fingerprint density at radius 1 is 0.789 bits per heavy atom. The summed E-state index contributed by atoms with van der Waals surface area (Å²) in [5, 5.41) is -1.14. The van der Waals surface area contributed by atoms with Crippen LogP contribution in [-0.4, -0.2) is 12.4 Å². The van der Waals surface area contributed by atoms with E-state index in [1.807, 2.05) is 0 Å². The van der Waals surface area contributed by atoms with Gasteiger partial charge < -0.3 is 0 Å². The SMILES string of the molecule is FC(F)(F)C(F)(c1cc(Cl)c(Br)c(Cl)c1)C(F)(F)F. The molecule has 0 saturated carbocycles. The normalized spacial score (nSPS) is 13.8. The third-order valence-corrected chi connectivity index (χ3v) is 4.07. The Bertz CT molecular complexity index is 457. The Balaban J connectivity index is 3.62. The molecule has 0 amide bonds. The fraction of sp³-hybridized carbons (Fsp3) is 0.333. The summed E-state index contributed by atoms with van der Waals surface area (Å²) < 4.78 is 88.3. The molecule has 0 saturated heterocycles. The van der Waals surface area contributed by atoms with Gasteiger partial charge in [-0.05, 0) is 28.1 Å². The second-order valence-electron chi connectivity index (χ2n) is 3.41. The molecule has 10 heteroatoms. The molecule has 0 bridgehead atoms. The zero-order valence-electron chi connectivity index (χ0n) is 8.43. The third kappa shape index (κ3) is 2.80. The molecule has 1 aromatic carbocycles. The minimum atomic E-state index is -6.20. The molecule has 0 heterocycles. The van der Waals surface area contributed by atoms with Gasteiger partial charge in [0.15, 0.2) is 0 Å². The summed E-state index contributed by atoms with van der Waals surface area (Å²) in [4.78, 5) is 0. The minimum Gasteiger partial charge on any atom is -0.218 e. The smallest absolute Gasteiger partial charge is 0.218 e. The van der Waals surface area contributed by atoms with E-state index in [1.165, 1.54) is 0 Å². The Morgan fingerprint density at radius 3 is 1.37 bits per heavy atom. The quantitative estimate of drug-likeness (QED) is 0.402. The average Bonchev–Trinajstić information content (AvgIpc) is 2.20. The Labute approximate surface area is 120 Å². The van der Waals surface area contributed by atoms with Crippen LogP contribution < -0.4 is 0 Å². The van der Waals surface area contributed by atoms with Gasteiger partial charge in [-0.15, -0.1) is 0 Å². The van der Waals surface area contributed by atoms with Crippen molar-refractivity contribution in [2.45, 2.75) is 18.0 Å². The van der Waals surface area contributed by atoms with Gasteiger partial charge in [-0.25, -0.2) is 4.39 Å². The zero-order valence-corrected chi connectivity index (χ0v) is 11.5. The highest BCUT2D eigenvalue weighted by Gasteiger charge is 2.73. The topological polar surface area (TPSA) is 0 Å². The van der Waals surface area contributed by atoms with Crippen LogP contribution in [-0.2, 0) is 5.67 Å². The highest BCUT2D eigenvalue weighted by molar-refractivity contribution is 9.10. The molecule has 0 aliphatic rings. The van der Waals surface area contributed by atoms with E-state index in [-0.39, 0.29) is 16.6 Å². The first-order chi connectivity index (χ1) is 8.32. The maximum atomic E-state index is 13.6. The largest absolute Gasteiger partial charge is 0.435 e. The molecule has 0 unspecified atom stereocenters. The van der Waals surface area contributed by atoms with Crippen molar-refractivity contribution in [2.75, 3.05) is 0 Å².